The molecule has 18 heavy (non-hydrogen) atoms. The zero-order valence-electron chi connectivity index (χ0n) is 9.74. The molecule has 1 atom stereocenters. The summed E-state index contributed by atoms with van der Waals surface area (Å²) in [6, 6.07) is 7.75. The largest absolute Gasteiger partial charge is 0.388 e. The van der Waals surface area contributed by atoms with Crippen molar-refractivity contribution in [3.63, 3.8) is 0 Å². The van der Waals surface area contributed by atoms with Gasteiger partial charge in [0.05, 0.1) is 11.8 Å². The quantitative estimate of drug-likeness (QED) is 0.832. The summed E-state index contributed by atoms with van der Waals surface area (Å²) < 4.78 is 3.12. The Morgan fingerprint density at radius 1 is 1.33 bits per heavy atom. The summed E-state index contributed by atoms with van der Waals surface area (Å²) in [4.78, 5) is 0. The summed E-state index contributed by atoms with van der Waals surface area (Å²) in [5.41, 5.74) is 3.27. The summed E-state index contributed by atoms with van der Waals surface area (Å²) in [5.74, 6) is 0. The van der Waals surface area contributed by atoms with Gasteiger partial charge in [0.2, 0.25) is 0 Å². The summed E-state index contributed by atoms with van der Waals surface area (Å²) in [6.45, 7) is 0. The minimum absolute atomic E-state index is 0.326. The molecule has 0 saturated carbocycles. The standard InChI is InChI=1S/C14H13BrClNO/c15-11-5-4-9(16)8-13(11)17-7-6-10-12(17)2-1-3-14(10)18/h4-8,14,18H,1-3H2. The molecule has 1 aliphatic carbocycles. The molecule has 2 nitrogen and oxygen atoms in total. The zero-order chi connectivity index (χ0) is 12.7. The first-order chi connectivity index (χ1) is 8.66. The fourth-order valence-corrected chi connectivity index (χ4v) is 3.17. The highest BCUT2D eigenvalue weighted by molar-refractivity contribution is 9.10. The van der Waals surface area contributed by atoms with Gasteiger partial charge in [0.25, 0.3) is 0 Å². The fourth-order valence-electron chi connectivity index (χ4n) is 2.56. The molecule has 1 N–H and O–H groups in total. The second-order valence-corrected chi connectivity index (χ2v) is 5.88. The highest BCUT2D eigenvalue weighted by Gasteiger charge is 2.22. The normalized spacial score (nSPS) is 18.7. The van der Waals surface area contributed by atoms with Crippen molar-refractivity contribution < 1.29 is 5.11 Å². The lowest BCUT2D eigenvalue weighted by Crippen LogP contribution is -2.11. The minimum atomic E-state index is -0.326. The highest BCUT2D eigenvalue weighted by Crippen LogP contribution is 2.34. The van der Waals surface area contributed by atoms with Gasteiger partial charge in [0.1, 0.15) is 0 Å². The Balaban J connectivity index is 2.15. The number of fused-ring (bicyclic) bond motifs is 1. The Morgan fingerprint density at radius 3 is 3.00 bits per heavy atom. The number of aliphatic hydroxyl groups excluding tert-OH is 1. The highest BCUT2D eigenvalue weighted by atomic mass is 79.9. The number of nitrogens with zero attached hydrogens (tertiary/aromatic N) is 1. The lowest BCUT2D eigenvalue weighted by Gasteiger charge is -2.20. The third-order valence-corrected chi connectivity index (χ3v) is 4.35. The second-order valence-electron chi connectivity index (χ2n) is 4.59. The molecule has 4 heteroatoms. The average Bonchev–Trinajstić information content (AvgIpc) is 2.77. The van der Waals surface area contributed by atoms with Crippen LogP contribution >= 0.6 is 27.5 Å². The molecule has 0 radical (unpaired) electrons. The Hall–Kier alpha value is -0.770. The number of benzene rings is 1. The van der Waals surface area contributed by atoms with Crippen molar-refractivity contribution in [2.75, 3.05) is 0 Å². The van der Waals surface area contributed by atoms with Crippen LogP contribution in [0.3, 0.4) is 0 Å². The fraction of sp³-hybridized carbons (Fsp3) is 0.286. The molecule has 2 aromatic rings. The van der Waals surface area contributed by atoms with Gasteiger partial charge in [-0.25, -0.2) is 0 Å². The molecule has 0 spiro atoms. The first-order valence-electron chi connectivity index (χ1n) is 6.00. The van der Waals surface area contributed by atoms with E-state index in [1.54, 1.807) is 0 Å². The number of aromatic nitrogens is 1. The Labute approximate surface area is 119 Å². The third-order valence-electron chi connectivity index (χ3n) is 3.45. The number of aliphatic hydroxyl groups is 1. The summed E-state index contributed by atoms with van der Waals surface area (Å²) >= 11 is 9.61. The molecule has 0 bridgehead atoms. The molecule has 0 fully saturated rings. The SMILES string of the molecule is OC1CCCc2c1ccn2-c1cc(Cl)ccc1Br. The Kier molecular flexibility index (Phi) is 3.22. The first-order valence-corrected chi connectivity index (χ1v) is 7.17. The Bertz CT molecular complexity index is 593. The first kappa shape index (κ1) is 12.3. The van der Waals surface area contributed by atoms with E-state index >= 15 is 0 Å². The van der Waals surface area contributed by atoms with Gasteiger partial charge in [-0.1, -0.05) is 11.6 Å². The van der Waals surface area contributed by atoms with E-state index in [2.05, 4.69) is 20.5 Å². The number of hydrogen-bond donors (Lipinski definition) is 1. The third kappa shape index (κ3) is 2.00. The van der Waals surface area contributed by atoms with Crippen molar-refractivity contribution >= 4 is 27.5 Å². The summed E-state index contributed by atoms with van der Waals surface area (Å²) in [6.07, 6.45) is 4.56. The van der Waals surface area contributed by atoms with Crippen LogP contribution in [0.2, 0.25) is 5.02 Å². The van der Waals surface area contributed by atoms with E-state index in [4.69, 9.17) is 11.6 Å². The van der Waals surface area contributed by atoms with E-state index in [-0.39, 0.29) is 6.10 Å². The minimum Gasteiger partial charge on any atom is -0.388 e. The molecule has 3 rings (SSSR count). The van der Waals surface area contributed by atoms with E-state index in [0.29, 0.717) is 5.02 Å². The molecule has 0 amide bonds. The molecular weight excluding hydrogens is 314 g/mol. The van der Waals surface area contributed by atoms with Crippen molar-refractivity contribution in [2.45, 2.75) is 25.4 Å². The van der Waals surface area contributed by atoms with Gasteiger partial charge in [-0.2, -0.15) is 0 Å². The van der Waals surface area contributed by atoms with Gasteiger partial charge in [0.15, 0.2) is 0 Å². The van der Waals surface area contributed by atoms with Crippen LogP contribution in [-0.2, 0) is 6.42 Å². The molecule has 1 unspecified atom stereocenters. The van der Waals surface area contributed by atoms with E-state index < -0.39 is 0 Å². The monoisotopic (exact) mass is 325 g/mol. The predicted octanol–water partition coefficient (Wildman–Crippen LogP) is 4.26. The van der Waals surface area contributed by atoms with Crippen LogP contribution in [0.5, 0.6) is 0 Å². The van der Waals surface area contributed by atoms with Crippen LogP contribution in [-0.4, -0.2) is 9.67 Å². The predicted molar refractivity (Wildman–Crippen MR) is 76.4 cm³/mol. The summed E-state index contributed by atoms with van der Waals surface area (Å²) in [5, 5.41) is 10.7. The van der Waals surface area contributed by atoms with Crippen LogP contribution in [0, 0.1) is 0 Å². The van der Waals surface area contributed by atoms with Gasteiger partial charge >= 0.3 is 0 Å². The van der Waals surface area contributed by atoms with Crippen molar-refractivity contribution in [3.8, 4) is 5.69 Å². The maximum Gasteiger partial charge on any atom is 0.0807 e. The lowest BCUT2D eigenvalue weighted by atomic mass is 9.95. The average molecular weight is 327 g/mol. The number of halogens is 2. The second kappa shape index (κ2) is 4.72. The van der Waals surface area contributed by atoms with Crippen molar-refractivity contribution in [3.05, 3.63) is 51.2 Å². The molecule has 0 saturated heterocycles. The maximum absolute atomic E-state index is 9.99. The number of rotatable bonds is 1. The van der Waals surface area contributed by atoms with E-state index in [0.717, 1.165) is 35.0 Å². The van der Waals surface area contributed by atoms with E-state index in [1.807, 2.05) is 30.5 Å². The van der Waals surface area contributed by atoms with Gasteiger partial charge in [-0.15, -0.1) is 0 Å². The van der Waals surface area contributed by atoms with Crippen molar-refractivity contribution in [1.29, 1.82) is 0 Å². The van der Waals surface area contributed by atoms with Crippen molar-refractivity contribution in [1.82, 2.24) is 4.57 Å². The topological polar surface area (TPSA) is 25.2 Å². The van der Waals surface area contributed by atoms with Gasteiger partial charge in [0, 0.05) is 26.9 Å². The van der Waals surface area contributed by atoms with Crippen LogP contribution in [0.25, 0.3) is 5.69 Å². The van der Waals surface area contributed by atoms with E-state index in [9.17, 15) is 5.11 Å². The lowest BCUT2D eigenvalue weighted by molar-refractivity contribution is 0.156. The molecule has 1 aromatic carbocycles. The van der Waals surface area contributed by atoms with E-state index in [1.165, 1.54) is 5.69 Å². The van der Waals surface area contributed by atoms with Crippen molar-refractivity contribution in [2.24, 2.45) is 0 Å². The van der Waals surface area contributed by atoms with Gasteiger partial charge in [-0.05, 0) is 59.5 Å². The Morgan fingerprint density at radius 2 is 2.17 bits per heavy atom. The molecule has 1 aliphatic rings. The molecular formula is C14H13BrClNO. The number of hydrogen-bond acceptors (Lipinski definition) is 1. The smallest absolute Gasteiger partial charge is 0.0807 e. The molecule has 94 valence electrons. The van der Waals surface area contributed by atoms with Crippen LogP contribution in [0.15, 0.2) is 34.9 Å². The van der Waals surface area contributed by atoms with Crippen LogP contribution in [0.4, 0.5) is 0 Å². The van der Waals surface area contributed by atoms with Gasteiger partial charge < -0.3 is 9.67 Å². The molecule has 0 aliphatic heterocycles. The molecule has 1 aromatic heterocycles. The van der Waals surface area contributed by atoms with Crippen LogP contribution < -0.4 is 0 Å². The maximum atomic E-state index is 9.99. The molecule has 1 heterocycles. The van der Waals surface area contributed by atoms with Crippen LogP contribution in [0.1, 0.15) is 30.2 Å². The summed E-state index contributed by atoms with van der Waals surface area (Å²) in [7, 11) is 0. The van der Waals surface area contributed by atoms with Gasteiger partial charge in [-0.3, -0.25) is 0 Å². The zero-order valence-corrected chi connectivity index (χ0v) is 12.1.